The molecule has 0 aliphatic carbocycles. The van der Waals surface area contributed by atoms with Crippen LogP contribution in [0.4, 0.5) is 30.6 Å². The molecule has 0 unspecified atom stereocenters. The van der Waals surface area contributed by atoms with E-state index in [0.29, 0.717) is 17.4 Å². The lowest BCUT2D eigenvalue weighted by molar-refractivity contribution is -0.137. The van der Waals surface area contributed by atoms with E-state index in [4.69, 9.17) is 17.0 Å². The van der Waals surface area contributed by atoms with Crippen molar-refractivity contribution < 1.29 is 13.2 Å². The van der Waals surface area contributed by atoms with Crippen molar-refractivity contribution in [3.8, 4) is 0 Å². The Hall–Kier alpha value is -2.95. The second-order valence-corrected chi connectivity index (χ2v) is 5.20. The first-order valence-corrected chi connectivity index (χ1v) is 7.49. The van der Waals surface area contributed by atoms with Crippen LogP contribution in [-0.4, -0.2) is 29.9 Å². The van der Waals surface area contributed by atoms with Crippen molar-refractivity contribution in [2.24, 2.45) is 10.3 Å². The largest absolute Gasteiger partial charge is 0.421 e. The predicted octanol–water partition coefficient (Wildman–Crippen LogP) is 3.85. The second-order valence-electron chi connectivity index (χ2n) is 4.80. The molecule has 0 bridgehead atoms. The van der Waals surface area contributed by atoms with Gasteiger partial charge < -0.3 is 10.6 Å². The molecule has 0 aliphatic heterocycles. The smallest absolute Gasteiger partial charge is 0.372 e. The molecule has 138 valence electrons. The summed E-state index contributed by atoms with van der Waals surface area (Å²) in [6, 6.07) is 4.54. The van der Waals surface area contributed by atoms with Gasteiger partial charge in [0.05, 0.1) is 10.7 Å². The molecule has 4 N–H and O–H groups in total. The number of benzene rings is 1. The third-order valence-corrected chi connectivity index (χ3v) is 3.38. The van der Waals surface area contributed by atoms with E-state index in [9.17, 15) is 13.2 Å². The number of nitrogens with one attached hydrogen (secondary N) is 4. The quantitative estimate of drug-likeness (QED) is 0.270. The molecule has 1 aromatic heterocycles. The number of hydrogen-bond acceptors (Lipinski definition) is 6. The summed E-state index contributed by atoms with van der Waals surface area (Å²) >= 11 is 6.14. The third-order valence-electron chi connectivity index (χ3n) is 3.07. The molecule has 2 rings (SSSR count). The Morgan fingerprint density at radius 2 is 2.00 bits per heavy atom. The Morgan fingerprint density at radius 3 is 2.58 bits per heavy atom. The summed E-state index contributed by atoms with van der Waals surface area (Å²) in [6.45, 7) is 0. The lowest BCUT2D eigenvalue weighted by atomic mass is 10.2. The zero-order valence-electron chi connectivity index (χ0n) is 13.6. The van der Waals surface area contributed by atoms with Gasteiger partial charge in [-0.1, -0.05) is 16.8 Å². The van der Waals surface area contributed by atoms with Crippen LogP contribution in [-0.2, 0) is 6.18 Å². The maximum absolute atomic E-state index is 12.9. The number of alkyl halides is 3. The highest BCUT2D eigenvalue weighted by Crippen LogP contribution is 2.34. The van der Waals surface area contributed by atoms with Gasteiger partial charge >= 0.3 is 6.18 Å². The fraction of sp³-hybridized carbons (Fsp3) is 0.214. The van der Waals surface area contributed by atoms with Crippen molar-refractivity contribution in [1.29, 1.82) is 5.41 Å². The summed E-state index contributed by atoms with van der Waals surface area (Å²) in [6.07, 6.45) is -3.89. The topological polar surface area (TPSA) is 110 Å². The van der Waals surface area contributed by atoms with Crippen LogP contribution in [0.1, 0.15) is 11.1 Å². The molecule has 0 atom stereocenters. The predicted molar refractivity (Wildman–Crippen MR) is 92.1 cm³/mol. The first-order chi connectivity index (χ1) is 12.3. The molecule has 26 heavy (non-hydrogen) atoms. The fourth-order valence-corrected chi connectivity index (χ4v) is 2.11. The standard InChI is InChI=1S/C14H14ClF3N8/c1-20-12-8(14(16,17)18)6-22-13(24-12)23-10-4-3-7(5-9(10)15)11(19)25-26-21-2/h3-6H,1-2H3,(H2,19,21,25)(H2,20,22,23,24). The van der Waals surface area contributed by atoms with Gasteiger partial charge in [-0.25, -0.2) is 4.98 Å². The summed E-state index contributed by atoms with van der Waals surface area (Å²) in [5, 5.41) is 20.2. The lowest BCUT2D eigenvalue weighted by Crippen LogP contribution is -2.12. The molecule has 0 saturated heterocycles. The molecule has 8 nitrogen and oxygen atoms in total. The van der Waals surface area contributed by atoms with E-state index in [1.54, 1.807) is 13.1 Å². The third kappa shape index (κ3) is 4.57. The number of nitrogens with zero attached hydrogens (tertiary/aromatic N) is 4. The number of hydrogen-bond donors (Lipinski definition) is 4. The van der Waals surface area contributed by atoms with E-state index in [-0.39, 0.29) is 22.6 Å². The van der Waals surface area contributed by atoms with Crippen molar-refractivity contribution in [3.05, 3.63) is 40.5 Å². The first-order valence-electron chi connectivity index (χ1n) is 7.11. The summed E-state index contributed by atoms with van der Waals surface area (Å²) in [7, 11) is 2.87. The van der Waals surface area contributed by atoms with E-state index in [1.807, 2.05) is 0 Å². The maximum atomic E-state index is 12.9. The van der Waals surface area contributed by atoms with Crippen molar-refractivity contribution in [2.75, 3.05) is 24.7 Å². The summed E-state index contributed by atoms with van der Waals surface area (Å²) < 4.78 is 38.6. The molecule has 12 heteroatoms. The summed E-state index contributed by atoms with van der Waals surface area (Å²) in [5.74, 6) is -0.546. The van der Waals surface area contributed by atoms with E-state index < -0.39 is 11.7 Å². The van der Waals surface area contributed by atoms with E-state index in [1.165, 1.54) is 19.2 Å². The molecule has 0 radical (unpaired) electrons. The SMILES string of the molecule is CN/N=N\C(=N)c1ccc(Nc2ncc(C(F)(F)F)c(NC)n2)c(Cl)c1. The Balaban J connectivity index is 2.26. The van der Waals surface area contributed by atoms with Crippen molar-refractivity contribution in [3.63, 3.8) is 0 Å². The van der Waals surface area contributed by atoms with Crippen LogP contribution in [0.25, 0.3) is 0 Å². The van der Waals surface area contributed by atoms with Crippen LogP contribution in [0.2, 0.25) is 5.02 Å². The maximum Gasteiger partial charge on any atom is 0.421 e. The minimum Gasteiger partial charge on any atom is -0.372 e. The number of halogens is 4. The molecule has 0 aliphatic rings. The van der Waals surface area contributed by atoms with Gasteiger partial charge in [0.2, 0.25) is 5.95 Å². The first kappa shape index (κ1) is 19.4. The Labute approximate surface area is 151 Å². The van der Waals surface area contributed by atoms with Crippen LogP contribution in [0.15, 0.2) is 34.7 Å². The Morgan fingerprint density at radius 1 is 1.27 bits per heavy atom. The minimum absolute atomic E-state index is 0.0676. The van der Waals surface area contributed by atoms with Gasteiger partial charge in [-0.15, -0.1) is 5.11 Å². The van der Waals surface area contributed by atoms with E-state index in [0.717, 1.165) is 0 Å². The van der Waals surface area contributed by atoms with Crippen molar-refractivity contribution in [2.45, 2.75) is 6.18 Å². The zero-order chi connectivity index (χ0) is 19.3. The van der Waals surface area contributed by atoms with Crippen LogP contribution < -0.4 is 16.1 Å². The van der Waals surface area contributed by atoms with Crippen LogP contribution in [0.3, 0.4) is 0 Å². The second kappa shape index (κ2) is 7.95. The monoisotopic (exact) mass is 386 g/mol. The van der Waals surface area contributed by atoms with Crippen molar-refractivity contribution >= 4 is 34.9 Å². The normalized spacial score (nSPS) is 11.5. The van der Waals surface area contributed by atoms with Gasteiger partial charge in [0.25, 0.3) is 0 Å². The minimum atomic E-state index is -4.57. The molecular formula is C14H14ClF3N8. The van der Waals surface area contributed by atoms with Gasteiger partial charge in [0.1, 0.15) is 11.4 Å². The Kier molecular flexibility index (Phi) is 5.93. The lowest BCUT2D eigenvalue weighted by Gasteiger charge is -2.13. The average Bonchev–Trinajstić information content (AvgIpc) is 2.60. The molecule has 0 spiro atoms. The molecular weight excluding hydrogens is 373 g/mol. The number of anilines is 3. The van der Waals surface area contributed by atoms with Gasteiger partial charge in [-0.2, -0.15) is 18.2 Å². The highest BCUT2D eigenvalue weighted by Gasteiger charge is 2.35. The van der Waals surface area contributed by atoms with Crippen LogP contribution in [0.5, 0.6) is 0 Å². The molecule has 0 fully saturated rings. The van der Waals surface area contributed by atoms with E-state index >= 15 is 0 Å². The molecule has 1 heterocycles. The average molecular weight is 387 g/mol. The number of amidine groups is 1. The summed E-state index contributed by atoms with van der Waals surface area (Å²) in [4.78, 5) is 7.46. The summed E-state index contributed by atoms with van der Waals surface area (Å²) in [5.41, 5.74) is 2.21. The van der Waals surface area contributed by atoms with E-state index in [2.05, 4.69) is 36.4 Å². The van der Waals surface area contributed by atoms with Crippen LogP contribution >= 0.6 is 11.6 Å². The molecule has 0 amide bonds. The van der Waals surface area contributed by atoms with Gasteiger partial charge in [-0.05, 0) is 18.2 Å². The van der Waals surface area contributed by atoms with Gasteiger partial charge in [0, 0.05) is 25.9 Å². The highest BCUT2D eigenvalue weighted by molar-refractivity contribution is 6.33. The van der Waals surface area contributed by atoms with Gasteiger partial charge in [-0.3, -0.25) is 10.8 Å². The zero-order valence-corrected chi connectivity index (χ0v) is 14.4. The highest BCUT2D eigenvalue weighted by atomic mass is 35.5. The Bertz CT molecular complexity index is 837. The van der Waals surface area contributed by atoms with Gasteiger partial charge in [0.15, 0.2) is 5.84 Å². The number of rotatable bonds is 5. The fourth-order valence-electron chi connectivity index (χ4n) is 1.88. The van der Waals surface area contributed by atoms with Crippen LogP contribution in [0, 0.1) is 5.41 Å². The van der Waals surface area contributed by atoms with Crippen molar-refractivity contribution in [1.82, 2.24) is 15.4 Å². The molecule has 1 aromatic carbocycles. The molecule has 2 aromatic rings. The molecule has 0 saturated carbocycles. The number of aromatic nitrogens is 2.